The molecule has 13 rings (SSSR count). The van der Waals surface area contributed by atoms with E-state index in [4.69, 9.17) is 4.42 Å². The minimum Gasteiger partial charge on any atom is -0.456 e. The molecular weight excluding hydrogens is 813 g/mol. The lowest BCUT2D eigenvalue weighted by Crippen LogP contribution is -2.12. The number of anilines is 3. The van der Waals surface area contributed by atoms with E-state index >= 15 is 0 Å². The molecule has 0 N–H and O–H groups in total. The lowest BCUT2D eigenvalue weighted by Gasteiger charge is -2.31. The lowest BCUT2D eigenvalue weighted by molar-refractivity contribution is 0.445. The zero-order valence-corrected chi connectivity index (χ0v) is 37.3. The zero-order valence-electron chi connectivity index (χ0n) is 37.3. The molecule has 0 amide bonds. The normalized spacial score (nSPS) is 13.3. The van der Waals surface area contributed by atoms with Crippen LogP contribution in [0.25, 0.3) is 93.6 Å². The van der Waals surface area contributed by atoms with Gasteiger partial charge in [0, 0.05) is 44.0 Å². The fraction of sp³-hybridized carbons (Fsp3) is 0.0938. The number of benzene rings is 10. The molecule has 12 aromatic rings. The van der Waals surface area contributed by atoms with Gasteiger partial charge in [-0.15, -0.1) is 0 Å². The largest absolute Gasteiger partial charge is 0.456 e. The summed E-state index contributed by atoms with van der Waals surface area (Å²) in [5.74, 6) is 0.563. The van der Waals surface area contributed by atoms with Crippen molar-refractivity contribution < 1.29 is 4.42 Å². The van der Waals surface area contributed by atoms with Gasteiger partial charge in [0.25, 0.3) is 0 Å². The second-order valence-electron chi connectivity index (χ2n) is 18.2. The van der Waals surface area contributed by atoms with Crippen molar-refractivity contribution in [2.24, 2.45) is 0 Å². The number of rotatable bonds is 8. The van der Waals surface area contributed by atoms with E-state index in [9.17, 15) is 0 Å². The molecule has 3 heteroatoms. The number of furan rings is 1. The van der Waals surface area contributed by atoms with Gasteiger partial charge in [-0.25, -0.2) is 0 Å². The van der Waals surface area contributed by atoms with Crippen LogP contribution >= 0.6 is 0 Å². The SMILES string of the molecule is c1ccc(-n2c3ccccc3c3c(-c4ccccc4N(c4ccc(-c5ccc6oc7ccccc7c6c5)cc4)c4ccccc4-c4cccc5cccc(C6CCCCC6)c45)cccc32)cc1. The molecule has 67 heavy (non-hydrogen) atoms. The van der Waals surface area contributed by atoms with Gasteiger partial charge in [0.2, 0.25) is 0 Å². The Bertz CT molecular complexity index is 3790. The molecule has 320 valence electrons. The van der Waals surface area contributed by atoms with E-state index in [0.29, 0.717) is 5.92 Å². The summed E-state index contributed by atoms with van der Waals surface area (Å²) >= 11 is 0. The Hall–Kier alpha value is -8.14. The van der Waals surface area contributed by atoms with E-state index < -0.39 is 0 Å². The Morgan fingerprint density at radius 1 is 0.403 bits per heavy atom. The maximum atomic E-state index is 6.22. The van der Waals surface area contributed by atoms with Gasteiger partial charge in [0.15, 0.2) is 0 Å². The monoisotopic (exact) mass is 860 g/mol. The van der Waals surface area contributed by atoms with Crippen molar-refractivity contribution in [3.63, 3.8) is 0 Å². The molecular formula is C64H48N2O. The van der Waals surface area contributed by atoms with Gasteiger partial charge in [-0.1, -0.05) is 177 Å². The van der Waals surface area contributed by atoms with Crippen molar-refractivity contribution >= 4 is 71.6 Å². The zero-order chi connectivity index (χ0) is 44.3. The van der Waals surface area contributed by atoms with Gasteiger partial charge in [-0.3, -0.25) is 0 Å². The van der Waals surface area contributed by atoms with Crippen molar-refractivity contribution in [3.05, 3.63) is 230 Å². The molecule has 0 radical (unpaired) electrons. The summed E-state index contributed by atoms with van der Waals surface area (Å²) in [4.78, 5) is 2.51. The first-order valence-corrected chi connectivity index (χ1v) is 23.9. The molecule has 1 fully saturated rings. The molecule has 1 aliphatic rings. The standard InChI is InChI=1S/C64H48N2O/c1-3-18-44(19-4-1)49-28-15-20-45-21-16-29-53(63(45)49)50-24-7-11-31-57(50)65(48-39-36-43(37-40-48)46-38-41-62-56(42-46)52-26-10-14-35-61(52)67-62)58-32-12-8-25-51(58)54-30-17-34-60-64(54)55-27-9-13-33-59(55)66(60)47-22-5-2-6-23-47/h2,5-17,20-42,44H,1,3-4,18-19H2. The van der Waals surface area contributed by atoms with Crippen molar-refractivity contribution in [2.45, 2.75) is 38.0 Å². The molecule has 0 aliphatic heterocycles. The van der Waals surface area contributed by atoms with Crippen LogP contribution in [0.2, 0.25) is 0 Å². The second-order valence-corrected chi connectivity index (χ2v) is 18.2. The maximum absolute atomic E-state index is 6.22. The first kappa shape index (κ1) is 39.2. The number of aromatic nitrogens is 1. The predicted octanol–water partition coefficient (Wildman–Crippen LogP) is 18.4. The van der Waals surface area contributed by atoms with Gasteiger partial charge >= 0.3 is 0 Å². The van der Waals surface area contributed by atoms with E-state index in [-0.39, 0.29) is 0 Å². The summed E-state index contributed by atoms with van der Waals surface area (Å²) in [5.41, 5.74) is 17.3. The molecule has 2 heterocycles. The van der Waals surface area contributed by atoms with Crippen LogP contribution in [0.15, 0.2) is 229 Å². The van der Waals surface area contributed by atoms with Crippen molar-refractivity contribution in [1.82, 2.24) is 4.57 Å². The number of hydrogen-bond donors (Lipinski definition) is 0. The van der Waals surface area contributed by atoms with Crippen LogP contribution in [-0.4, -0.2) is 4.57 Å². The third-order valence-corrected chi connectivity index (χ3v) is 14.4. The van der Waals surface area contributed by atoms with E-state index in [1.807, 2.05) is 12.1 Å². The quantitative estimate of drug-likeness (QED) is 0.152. The van der Waals surface area contributed by atoms with Gasteiger partial charge in [-0.05, 0) is 124 Å². The molecule has 0 bridgehead atoms. The first-order valence-electron chi connectivity index (χ1n) is 23.9. The molecule has 1 aliphatic carbocycles. The topological polar surface area (TPSA) is 21.3 Å². The minimum absolute atomic E-state index is 0.563. The van der Waals surface area contributed by atoms with Crippen molar-refractivity contribution in [2.75, 3.05) is 4.90 Å². The Labute approximate surface area is 390 Å². The van der Waals surface area contributed by atoms with Crippen LogP contribution in [0.1, 0.15) is 43.6 Å². The minimum atomic E-state index is 0.563. The second kappa shape index (κ2) is 16.4. The number of para-hydroxylation sites is 5. The molecule has 0 atom stereocenters. The molecule has 0 spiro atoms. The summed E-state index contributed by atoms with van der Waals surface area (Å²) in [6.07, 6.45) is 6.42. The summed E-state index contributed by atoms with van der Waals surface area (Å²) < 4.78 is 8.64. The van der Waals surface area contributed by atoms with Gasteiger partial charge < -0.3 is 13.9 Å². The Morgan fingerprint density at radius 2 is 0.985 bits per heavy atom. The third-order valence-electron chi connectivity index (χ3n) is 14.4. The molecule has 3 nitrogen and oxygen atoms in total. The molecule has 10 aromatic carbocycles. The average molecular weight is 861 g/mol. The fourth-order valence-corrected chi connectivity index (χ4v) is 11.4. The Kier molecular flexibility index (Phi) is 9.60. The van der Waals surface area contributed by atoms with E-state index in [1.54, 1.807) is 0 Å². The highest BCUT2D eigenvalue weighted by Gasteiger charge is 2.25. The first-order chi connectivity index (χ1) is 33.3. The van der Waals surface area contributed by atoms with Crippen molar-refractivity contribution in [1.29, 1.82) is 0 Å². The summed E-state index contributed by atoms with van der Waals surface area (Å²) in [6.45, 7) is 0. The highest BCUT2D eigenvalue weighted by atomic mass is 16.3. The third kappa shape index (κ3) is 6.64. The summed E-state index contributed by atoms with van der Waals surface area (Å²) in [5, 5.41) is 7.43. The van der Waals surface area contributed by atoms with E-state index in [0.717, 1.165) is 55.8 Å². The highest BCUT2D eigenvalue weighted by Crippen LogP contribution is 2.49. The van der Waals surface area contributed by atoms with Crippen LogP contribution < -0.4 is 4.90 Å². The Morgan fingerprint density at radius 3 is 1.76 bits per heavy atom. The summed E-state index contributed by atoms with van der Waals surface area (Å²) in [6, 6.07) is 82.4. The Balaban J connectivity index is 1.04. The van der Waals surface area contributed by atoms with Crippen LogP contribution in [0.5, 0.6) is 0 Å². The van der Waals surface area contributed by atoms with E-state index in [1.165, 1.54) is 92.5 Å². The molecule has 2 aromatic heterocycles. The van der Waals surface area contributed by atoms with E-state index in [2.05, 4.69) is 222 Å². The van der Waals surface area contributed by atoms with Gasteiger partial charge in [0.05, 0.1) is 22.4 Å². The van der Waals surface area contributed by atoms with Gasteiger partial charge in [-0.2, -0.15) is 0 Å². The van der Waals surface area contributed by atoms with Crippen LogP contribution in [0, 0.1) is 0 Å². The lowest BCUT2D eigenvalue weighted by atomic mass is 9.80. The number of fused-ring (bicyclic) bond motifs is 7. The highest BCUT2D eigenvalue weighted by molar-refractivity contribution is 6.17. The average Bonchev–Trinajstić information content (AvgIpc) is 3.95. The number of nitrogens with zero attached hydrogens (tertiary/aromatic N) is 2. The molecule has 0 saturated heterocycles. The number of hydrogen-bond acceptors (Lipinski definition) is 2. The van der Waals surface area contributed by atoms with Crippen LogP contribution in [-0.2, 0) is 0 Å². The van der Waals surface area contributed by atoms with Gasteiger partial charge in [0.1, 0.15) is 11.2 Å². The van der Waals surface area contributed by atoms with Crippen LogP contribution in [0.3, 0.4) is 0 Å². The fourth-order valence-electron chi connectivity index (χ4n) is 11.4. The summed E-state index contributed by atoms with van der Waals surface area (Å²) in [7, 11) is 0. The molecule has 0 unspecified atom stereocenters. The maximum Gasteiger partial charge on any atom is 0.135 e. The molecule has 1 saturated carbocycles. The predicted molar refractivity (Wildman–Crippen MR) is 282 cm³/mol. The smallest absolute Gasteiger partial charge is 0.135 e. The van der Waals surface area contributed by atoms with Crippen LogP contribution in [0.4, 0.5) is 17.1 Å². The van der Waals surface area contributed by atoms with Crippen molar-refractivity contribution in [3.8, 4) is 39.1 Å².